The predicted molar refractivity (Wildman–Crippen MR) is 111 cm³/mol. The Hall–Kier alpha value is -1.64. The molecule has 0 saturated heterocycles. The number of benzene rings is 2. The second-order valence-electron chi connectivity index (χ2n) is 8.59. The molecule has 0 spiro atoms. The SMILES string of the molecule is CC(NC(C)(C)CNCc1cccc(CC2CCC2)c1)c1ccccc1. The van der Waals surface area contributed by atoms with Crippen LogP contribution in [0, 0.1) is 5.92 Å². The molecule has 2 aromatic carbocycles. The fraction of sp³-hybridized carbons (Fsp3) is 0.500. The van der Waals surface area contributed by atoms with Crippen LogP contribution in [-0.2, 0) is 13.0 Å². The van der Waals surface area contributed by atoms with Crippen LogP contribution in [-0.4, -0.2) is 12.1 Å². The minimum absolute atomic E-state index is 0.0405. The van der Waals surface area contributed by atoms with Crippen LogP contribution in [0.25, 0.3) is 0 Å². The van der Waals surface area contributed by atoms with Crippen molar-refractivity contribution in [2.45, 2.75) is 64.6 Å². The largest absolute Gasteiger partial charge is 0.311 e. The van der Waals surface area contributed by atoms with Gasteiger partial charge < -0.3 is 10.6 Å². The zero-order chi connectivity index (χ0) is 18.4. The molecule has 2 heteroatoms. The van der Waals surface area contributed by atoms with Crippen molar-refractivity contribution in [1.29, 1.82) is 0 Å². The fourth-order valence-corrected chi connectivity index (χ4v) is 3.88. The molecule has 1 aliphatic rings. The third kappa shape index (κ3) is 5.69. The first-order valence-electron chi connectivity index (χ1n) is 10.1. The number of hydrogen-bond donors (Lipinski definition) is 2. The first-order chi connectivity index (χ1) is 12.5. The molecule has 0 aromatic heterocycles. The summed E-state index contributed by atoms with van der Waals surface area (Å²) in [5, 5.41) is 7.39. The maximum Gasteiger partial charge on any atom is 0.0297 e. The standard InChI is InChI=1S/C24H34N2/c1-19(23-13-5-4-6-14-23)26-24(2,3)18-25-17-22-12-8-11-21(16-22)15-20-9-7-10-20/h4-6,8,11-14,16,19-20,25-26H,7,9-10,15,17-18H2,1-3H3. The summed E-state index contributed by atoms with van der Waals surface area (Å²) < 4.78 is 0. The van der Waals surface area contributed by atoms with Gasteiger partial charge in [-0.05, 0) is 49.8 Å². The normalized spacial score (nSPS) is 16.3. The van der Waals surface area contributed by atoms with Crippen molar-refractivity contribution in [1.82, 2.24) is 10.6 Å². The number of rotatable bonds is 9. The van der Waals surface area contributed by atoms with Crippen LogP contribution in [0.15, 0.2) is 54.6 Å². The average molecular weight is 351 g/mol. The van der Waals surface area contributed by atoms with E-state index in [9.17, 15) is 0 Å². The number of nitrogens with one attached hydrogen (secondary N) is 2. The Morgan fingerprint density at radius 2 is 1.73 bits per heavy atom. The minimum atomic E-state index is 0.0405. The lowest BCUT2D eigenvalue weighted by Gasteiger charge is -2.31. The van der Waals surface area contributed by atoms with Gasteiger partial charge in [-0.25, -0.2) is 0 Å². The second kappa shape index (κ2) is 8.83. The molecule has 26 heavy (non-hydrogen) atoms. The van der Waals surface area contributed by atoms with E-state index in [1.165, 1.54) is 42.4 Å². The van der Waals surface area contributed by atoms with E-state index < -0.39 is 0 Å². The first kappa shape index (κ1) is 19.1. The van der Waals surface area contributed by atoms with E-state index in [-0.39, 0.29) is 5.54 Å². The van der Waals surface area contributed by atoms with Crippen molar-refractivity contribution in [2.24, 2.45) is 5.92 Å². The highest BCUT2D eigenvalue weighted by molar-refractivity contribution is 5.24. The zero-order valence-corrected chi connectivity index (χ0v) is 16.6. The molecule has 0 bridgehead atoms. The summed E-state index contributed by atoms with van der Waals surface area (Å²) in [6, 6.07) is 20.1. The summed E-state index contributed by atoms with van der Waals surface area (Å²) in [4.78, 5) is 0. The van der Waals surface area contributed by atoms with Gasteiger partial charge in [0.2, 0.25) is 0 Å². The maximum absolute atomic E-state index is 3.75. The Morgan fingerprint density at radius 1 is 1.00 bits per heavy atom. The van der Waals surface area contributed by atoms with Gasteiger partial charge in [0.15, 0.2) is 0 Å². The summed E-state index contributed by atoms with van der Waals surface area (Å²) >= 11 is 0. The van der Waals surface area contributed by atoms with E-state index in [1.54, 1.807) is 0 Å². The van der Waals surface area contributed by atoms with Crippen LogP contribution in [0.4, 0.5) is 0 Å². The molecule has 0 aliphatic heterocycles. The third-order valence-corrected chi connectivity index (χ3v) is 5.54. The molecule has 1 saturated carbocycles. The summed E-state index contributed by atoms with van der Waals surface area (Å²) in [7, 11) is 0. The molecule has 3 rings (SSSR count). The highest BCUT2D eigenvalue weighted by atomic mass is 15.0. The van der Waals surface area contributed by atoms with Crippen LogP contribution in [0.2, 0.25) is 0 Å². The zero-order valence-electron chi connectivity index (χ0n) is 16.6. The monoisotopic (exact) mass is 350 g/mol. The van der Waals surface area contributed by atoms with E-state index in [4.69, 9.17) is 0 Å². The quantitative estimate of drug-likeness (QED) is 0.645. The van der Waals surface area contributed by atoms with Crippen LogP contribution in [0.5, 0.6) is 0 Å². The smallest absolute Gasteiger partial charge is 0.0297 e. The van der Waals surface area contributed by atoms with Crippen LogP contribution in [0.1, 0.15) is 62.8 Å². The Morgan fingerprint density at radius 3 is 2.42 bits per heavy atom. The summed E-state index contributed by atoms with van der Waals surface area (Å²) in [6.07, 6.45) is 5.52. The lowest BCUT2D eigenvalue weighted by atomic mass is 9.81. The van der Waals surface area contributed by atoms with Crippen molar-refractivity contribution >= 4 is 0 Å². The van der Waals surface area contributed by atoms with Gasteiger partial charge in [-0.1, -0.05) is 73.9 Å². The van der Waals surface area contributed by atoms with Crippen molar-refractivity contribution in [3.05, 3.63) is 71.3 Å². The van der Waals surface area contributed by atoms with Crippen LogP contribution >= 0.6 is 0 Å². The van der Waals surface area contributed by atoms with E-state index >= 15 is 0 Å². The van der Waals surface area contributed by atoms with Crippen molar-refractivity contribution in [3.8, 4) is 0 Å². The van der Waals surface area contributed by atoms with E-state index in [0.29, 0.717) is 6.04 Å². The summed E-state index contributed by atoms with van der Waals surface area (Å²) in [6.45, 7) is 8.65. The van der Waals surface area contributed by atoms with Gasteiger partial charge in [0.05, 0.1) is 0 Å². The Labute approximate surface area is 159 Å². The molecule has 2 aromatic rings. The summed E-state index contributed by atoms with van der Waals surface area (Å²) in [5.74, 6) is 0.931. The van der Waals surface area contributed by atoms with Gasteiger partial charge in [0.25, 0.3) is 0 Å². The number of hydrogen-bond acceptors (Lipinski definition) is 2. The van der Waals surface area contributed by atoms with Gasteiger partial charge >= 0.3 is 0 Å². The molecule has 0 heterocycles. The predicted octanol–water partition coefficient (Wildman–Crippen LogP) is 5.25. The van der Waals surface area contributed by atoms with Crippen LogP contribution < -0.4 is 10.6 Å². The first-order valence-corrected chi connectivity index (χ1v) is 10.1. The van der Waals surface area contributed by atoms with Gasteiger partial charge in [-0.15, -0.1) is 0 Å². The van der Waals surface area contributed by atoms with Gasteiger partial charge in [0.1, 0.15) is 0 Å². The van der Waals surface area contributed by atoms with E-state index in [2.05, 4.69) is 86.0 Å². The lowest BCUT2D eigenvalue weighted by molar-refractivity contribution is 0.314. The minimum Gasteiger partial charge on any atom is -0.311 e. The molecular weight excluding hydrogens is 316 g/mol. The van der Waals surface area contributed by atoms with E-state index in [1.807, 2.05) is 0 Å². The second-order valence-corrected chi connectivity index (χ2v) is 8.59. The van der Waals surface area contributed by atoms with Crippen molar-refractivity contribution in [2.75, 3.05) is 6.54 Å². The Bertz CT molecular complexity index is 674. The maximum atomic E-state index is 3.75. The fourth-order valence-electron chi connectivity index (χ4n) is 3.88. The van der Waals surface area contributed by atoms with Crippen molar-refractivity contribution in [3.63, 3.8) is 0 Å². The molecule has 0 radical (unpaired) electrons. The highest BCUT2D eigenvalue weighted by Crippen LogP contribution is 2.29. The average Bonchev–Trinajstić information content (AvgIpc) is 2.59. The third-order valence-electron chi connectivity index (χ3n) is 5.54. The van der Waals surface area contributed by atoms with Gasteiger partial charge in [-0.2, -0.15) is 0 Å². The summed E-state index contributed by atoms with van der Waals surface area (Å²) in [5.41, 5.74) is 4.28. The lowest BCUT2D eigenvalue weighted by Crippen LogP contribution is -2.48. The molecular formula is C24H34N2. The molecule has 1 unspecified atom stereocenters. The Balaban J connectivity index is 1.46. The van der Waals surface area contributed by atoms with Crippen LogP contribution in [0.3, 0.4) is 0 Å². The molecule has 1 aliphatic carbocycles. The molecule has 0 amide bonds. The van der Waals surface area contributed by atoms with Gasteiger partial charge in [-0.3, -0.25) is 0 Å². The molecule has 2 N–H and O–H groups in total. The molecule has 2 nitrogen and oxygen atoms in total. The molecule has 1 fully saturated rings. The highest BCUT2D eigenvalue weighted by Gasteiger charge is 2.20. The molecule has 140 valence electrons. The van der Waals surface area contributed by atoms with Gasteiger partial charge in [0, 0.05) is 24.7 Å². The van der Waals surface area contributed by atoms with E-state index in [0.717, 1.165) is 19.0 Å². The Kier molecular flexibility index (Phi) is 6.50. The topological polar surface area (TPSA) is 24.1 Å². The molecule has 1 atom stereocenters. The van der Waals surface area contributed by atoms with Crippen molar-refractivity contribution < 1.29 is 0 Å².